The first-order chi connectivity index (χ1) is 9.06. The smallest absolute Gasteiger partial charge is 0.0502 e. The average Bonchev–Trinajstić information content (AvgIpc) is 2.40. The second-order valence-electron chi connectivity index (χ2n) is 4.54. The topological polar surface area (TPSA) is 15.3 Å². The van der Waals surface area contributed by atoms with Crippen molar-refractivity contribution in [1.29, 1.82) is 0 Å². The largest absolute Gasteiger partial charge is 0.380 e. The fourth-order valence-electron chi connectivity index (χ4n) is 1.74. The van der Waals surface area contributed by atoms with E-state index in [0.29, 0.717) is 0 Å². The minimum absolute atomic E-state index is 0.730. The molecule has 0 aliphatic heterocycles. The minimum Gasteiger partial charge on any atom is -0.380 e. The molecule has 0 bridgehead atoms. The summed E-state index contributed by atoms with van der Waals surface area (Å²) in [4.78, 5) is 2.09. The molecule has 0 saturated carbocycles. The molecule has 4 heteroatoms. The monoisotopic (exact) mass is 338 g/mol. The Balaban J connectivity index is 2.04. The predicted molar refractivity (Wildman–Crippen MR) is 87.2 cm³/mol. The maximum atomic E-state index is 5.99. The van der Waals surface area contributed by atoms with Gasteiger partial charge in [0, 0.05) is 35.8 Å². The summed E-state index contributed by atoms with van der Waals surface area (Å²) in [6.45, 7) is 0.770. The third-order valence-electron chi connectivity index (χ3n) is 2.86. The number of anilines is 2. The highest BCUT2D eigenvalue weighted by Crippen LogP contribution is 2.26. The molecule has 0 aliphatic carbocycles. The van der Waals surface area contributed by atoms with Gasteiger partial charge in [-0.3, -0.25) is 0 Å². The molecule has 2 rings (SSSR count). The number of hydrogen-bond donors (Lipinski definition) is 1. The highest BCUT2D eigenvalue weighted by atomic mass is 79.9. The van der Waals surface area contributed by atoms with Crippen molar-refractivity contribution in [2.75, 3.05) is 24.3 Å². The van der Waals surface area contributed by atoms with Crippen LogP contribution in [0.4, 0.5) is 11.4 Å². The Morgan fingerprint density at radius 1 is 1.11 bits per heavy atom. The molecule has 0 amide bonds. The Hall–Kier alpha value is -1.19. The van der Waals surface area contributed by atoms with Gasteiger partial charge >= 0.3 is 0 Å². The van der Waals surface area contributed by atoms with Crippen LogP contribution in [0.2, 0.25) is 5.02 Å². The van der Waals surface area contributed by atoms with Crippen molar-refractivity contribution < 1.29 is 0 Å². The summed E-state index contributed by atoms with van der Waals surface area (Å²) in [5.41, 5.74) is 3.44. The third kappa shape index (κ3) is 3.88. The molecule has 100 valence electrons. The molecule has 0 fully saturated rings. The van der Waals surface area contributed by atoms with Crippen molar-refractivity contribution >= 4 is 38.9 Å². The lowest BCUT2D eigenvalue weighted by molar-refractivity contribution is 1.11. The van der Waals surface area contributed by atoms with Gasteiger partial charge in [-0.2, -0.15) is 0 Å². The van der Waals surface area contributed by atoms with Crippen LogP contribution in [0.3, 0.4) is 0 Å². The lowest BCUT2D eigenvalue weighted by Crippen LogP contribution is -2.08. The van der Waals surface area contributed by atoms with E-state index in [9.17, 15) is 0 Å². The highest BCUT2D eigenvalue weighted by Gasteiger charge is 2.01. The van der Waals surface area contributed by atoms with Gasteiger partial charge in [0.2, 0.25) is 0 Å². The van der Waals surface area contributed by atoms with Crippen LogP contribution in [0, 0.1) is 0 Å². The van der Waals surface area contributed by atoms with E-state index in [1.165, 1.54) is 11.3 Å². The Morgan fingerprint density at radius 3 is 2.42 bits per heavy atom. The van der Waals surface area contributed by atoms with Crippen LogP contribution in [-0.4, -0.2) is 14.1 Å². The van der Waals surface area contributed by atoms with Crippen molar-refractivity contribution in [3.05, 3.63) is 57.5 Å². The molecule has 2 aromatic carbocycles. The van der Waals surface area contributed by atoms with E-state index in [4.69, 9.17) is 11.6 Å². The Labute approximate surface area is 127 Å². The van der Waals surface area contributed by atoms with Crippen LogP contribution in [0.1, 0.15) is 5.56 Å². The average molecular weight is 340 g/mol. The van der Waals surface area contributed by atoms with Gasteiger partial charge in [-0.15, -0.1) is 0 Å². The molecule has 0 saturated heterocycles. The van der Waals surface area contributed by atoms with E-state index in [2.05, 4.69) is 50.4 Å². The third-order valence-corrected chi connectivity index (χ3v) is 3.79. The van der Waals surface area contributed by atoms with Gasteiger partial charge in [0.1, 0.15) is 0 Å². The van der Waals surface area contributed by atoms with Crippen LogP contribution in [0.15, 0.2) is 46.9 Å². The normalized spacial score (nSPS) is 10.3. The second kappa shape index (κ2) is 6.31. The molecule has 0 radical (unpaired) electrons. The number of rotatable bonds is 4. The zero-order valence-corrected chi connectivity index (χ0v) is 13.3. The van der Waals surface area contributed by atoms with Crippen LogP contribution in [0.25, 0.3) is 0 Å². The Kier molecular flexibility index (Phi) is 4.72. The SMILES string of the molecule is CN(C)c1ccc(CNc2cc(Cl)ccc2Br)cc1. The number of nitrogens with one attached hydrogen (secondary N) is 1. The molecule has 0 spiro atoms. The molecular formula is C15H16BrClN2. The highest BCUT2D eigenvalue weighted by molar-refractivity contribution is 9.10. The Bertz CT molecular complexity index is 553. The first-order valence-electron chi connectivity index (χ1n) is 6.01. The van der Waals surface area contributed by atoms with Crippen molar-refractivity contribution in [3.63, 3.8) is 0 Å². The summed E-state index contributed by atoms with van der Waals surface area (Å²) in [6, 6.07) is 14.2. The lowest BCUT2D eigenvalue weighted by Gasteiger charge is -2.13. The number of nitrogens with zero attached hydrogens (tertiary/aromatic N) is 1. The van der Waals surface area contributed by atoms with E-state index in [1.54, 1.807) is 0 Å². The van der Waals surface area contributed by atoms with Gasteiger partial charge in [0.05, 0.1) is 5.69 Å². The van der Waals surface area contributed by atoms with Crippen LogP contribution in [-0.2, 0) is 6.54 Å². The molecule has 2 aromatic rings. The van der Waals surface area contributed by atoms with Gasteiger partial charge in [0.25, 0.3) is 0 Å². The quantitative estimate of drug-likeness (QED) is 0.862. The molecule has 0 aromatic heterocycles. The van der Waals surface area contributed by atoms with Crippen molar-refractivity contribution in [3.8, 4) is 0 Å². The molecule has 0 atom stereocenters. The molecule has 2 nitrogen and oxygen atoms in total. The molecule has 0 aliphatic rings. The van der Waals surface area contributed by atoms with E-state index in [-0.39, 0.29) is 0 Å². The minimum atomic E-state index is 0.730. The summed E-state index contributed by atoms with van der Waals surface area (Å²) < 4.78 is 1.02. The van der Waals surface area contributed by atoms with Crippen molar-refractivity contribution in [1.82, 2.24) is 0 Å². The first-order valence-corrected chi connectivity index (χ1v) is 7.18. The van der Waals surface area contributed by atoms with E-state index < -0.39 is 0 Å². The molecular weight excluding hydrogens is 324 g/mol. The van der Waals surface area contributed by atoms with Gasteiger partial charge in [-0.1, -0.05) is 23.7 Å². The van der Waals surface area contributed by atoms with Gasteiger partial charge in [-0.05, 0) is 51.8 Å². The van der Waals surface area contributed by atoms with Crippen LogP contribution >= 0.6 is 27.5 Å². The van der Waals surface area contributed by atoms with Crippen LogP contribution < -0.4 is 10.2 Å². The summed E-state index contributed by atoms with van der Waals surface area (Å²) in [7, 11) is 4.08. The van der Waals surface area contributed by atoms with Gasteiger partial charge < -0.3 is 10.2 Å². The standard InChI is InChI=1S/C15H16BrClN2/c1-19(2)13-6-3-11(4-7-13)10-18-15-9-12(17)5-8-14(15)16/h3-9,18H,10H2,1-2H3. The Morgan fingerprint density at radius 2 is 1.79 bits per heavy atom. The van der Waals surface area contributed by atoms with Crippen molar-refractivity contribution in [2.24, 2.45) is 0 Å². The predicted octanol–water partition coefficient (Wildman–Crippen LogP) is 4.78. The van der Waals surface area contributed by atoms with E-state index in [0.717, 1.165) is 21.7 Å². The molecule has 0 heterocycles. The van der Waals surface area contributed by atoms with Gasteiger partial charge in [-0.25, -0.2) is 0 Å². The summed E-state index contributed by atoms with van der Waals surface area (Å²) in [5.74, 6) is 0. The number of benzene rings is 2. The van der Waals surface area contributed by atoms with Crippen LogP contribution in [0.5, 0.6) is 0 Å². The molecule has 0 unspecified atom stereocenters. The summed E-state index contributed by atoms with van der Waals surface area (Å²) in [6.07, 6.45) is 0. The zero-order chi connectivity index (χ0) is 13.8. The van der Waals surface area contributed by atoms with E-state index in [1.807, 2.05) is 32.3 Å². The summed E-state index contributed by atoms with van der Waals surface area (Å²) in [5, 5.41) is 4.10. The number of halogens is 2. The zero-order valence-electron chi connectivity index (χ0n) is 11.0. The van der Waals surface area contributed by atoms with Crippen molar-refractivity contribution in [2.45, 2.75) is 6.54 Å². The maximum Gasteiger partial charge on any atom is 0.0502 e. The number of hydrogen-bond acceptors (Lipinski definition) is 2. The summed E-state index contributed by atoms with van der Waals surface area (Å²) >= 11 is 9.49. The van der Waals surface area contributed by atoms with E-state index >= 15 is 0 Å². The fraction of sp³-hybridized carbons (Fsp3) is 0.200. The molecule has 1 N–H and O–H groups in total. The maximum absolute atomic E-state index is 5.99. The first kappa shape index (κ1) is 14.2. The lowest BCUT2D eigenvalue weighted by atomic mass is 10.2. The molecule has 19 heavy (non-hydrogen) atoms. The second-order valence-corrected chi connectivity index (χ2v) is 5.83. The fourth-order valence-corrected chi connectivity index (χ4v) is 2.30. The van der Waals surface area contributed by atoms with Gasteiger partial charge in [0.15, 0.2) is 0 Å².